The molecular weight excluding hydrogens is 280 g/mol. The molecule has 3 N–H and O–H groups in total. The van der Waals surface area contributed by atoms with E-state index in [1.807, 2.05) is 25.3 Å². The first kappa shape index (κ1) is 14.6. The molecule has 3 rings (SSSR count). The molecule has 0 atom stereocenters. The number of H-pyrrole nitrogens is 1. The summed E-state index contributed by atoms with van der Waals surface area (Å²) >= 11 is 0. The normalized spacial score (nSPS) is 15.0. The van der Waals surface area contributed by atoms with Crippen LogP contribution >= 0.6 is 0 Å². The zero-order valence-corrected chi connectivity index (χ0v) is 12.6. The van der Waals surface area contributed by atoms with Gasteiger partial charge in [-0.3, -0.25) is 9.78 Å². The van der Waals surface area contributed by atoms with Crippen LogP contribution < -0.4 is 15.8 Å². The molecule has 0 radical (unpaired) electrons. The van der Waals surface area contributed by atoms with E-state index in [1.165, 1.54) is 6.07 Å². The highest BCUT2D eigenvalue weighted by Crippen LogP contribution is 2.26. The van der Waals surface area contributed by atoms with E-state index >= 15 is 0 Å². The Morgan fingerprint density at radius 2 is 2.09 bits per heavy atom. The maximum atomic E-state index is 11.6. The Kier molecular flexibility index (Phi) is 4.11. The third-order valence-corrected chi connectivity index (χ3v) is 3.97. The van der Waals surface area contributed by atoms with Crippen molar-refractivity contribution in [1.29, 1.82) is 0 Å². The molecule has 22 heavy (non-hydrogen) atoms. The van der Waals surface area contributed by atoms with E-state index in [0.29, 0.717) is 23.4 Å². The number of aromatic amines is 1. The van der Waals surface area contributed by atoms with Crippen molar-refractivity contribution >= 4 is 5.69 Å². The van der Waals surface area contributed by atoms with Gasteiger partial charge in [0.1, 0.15) is 5.75 Å². The van der Waals surface area contributed by atoms with E-state index in [2.05, 4.69) is 20.2 Å². The number of hydrogen-bond donors (Lipinski definition) is 3. The van der Waals surface area contributed by atoms with Gasteiger partial charge in [0.05, 0.1) is 23.3 Å². The molecule has 6 nitrogen and oxygen atoms in total. The minimum absolute atomic E-state index is 0.0224. The molecule has 3 heterocycles. The second kappa shape index (κ2) is 6.19. The topological polar surface area (TPSA) is 81.2 Å². The molecule has 0 aliphatic carbocycles. The summed E-state index contributed by atoms with van der Waals surface area (Å²) in [4.78, 5) is 21.1. The summed E-state index contributed by atoms with van der Waals surface area (Å²) in [5, 5.41) is 13.2. The number of hydrogen-bond acceptors (Lipinski definition) is 5. The lowest BCUT2D eigenvalue weighted by atomic mass is 10.1. The molecule has 1 saturated heterocycles. The molecule has 2 aromatic heterocycles. The summed E-state index contributed by atoms with van der Waals surface area (Å²) < 4.78 is 0. The summed E-state index contributed by atoms with van der Waals surface area (Å²) in [6, 6.07) is 5.11. The van der Waals surface area contributed by atoms with Crippen LogP contribution in [-0.4, -0.2) is 41.3 Å². The molecule has 0 spiro atoms. The molecule has 1 aliphatic heterocycles. The van der Waals surface area contributed by atoms with Crippen molar-refractivity contribution in [2.24, 2.45) is 0 Å². The van der Waals surface area contributed by atoms with Crippen molar-refractivity contribution in [2.45, 2.75) is 13.3 Å². The fourth-order valence-electron chi connectivity index (χ4n) is 2.79. The third-order valence-electron chi connectivity index (χ3n) is 3.97. The second-order valence-electron chi connectivity index (χ2n) is 5.36. The number of anilines is 1. The predicted molar refractivity (Wildman–Crippen MR) is 86.4 cm³/mol. The summed E-state index contributed by atoms with van der Waals surface area (Å²) in [5.41, 5.74) is 2.73. The maximum Gasteiger partial charge on any atom is 0.252 e. The quantitative estimate of drug-likeness (QED) is 0.791. The van der Waals surface area contributed by atoms with Gasteiger partial charge >= 0.3 is 0 Å². The van der Waals surface area contributed by atoms with Crippen molar-refractivity contribution in [2.75, 3.05) is 31.1 Å². The van der Waals surface area contributed by atoms with Crippen LogP contribution in [0.1, 0.15) is 12.5 Å². The molecule has 0 bridgehead atoms. The van der Waals surface area contributed by atoms with E-state index in [9.17, 15) is 9.90 Å². The first-order valence-electron chi connectivity index (χ1n) is 7.56. The van der Waals surface area contributed by atoms with Gasteiger partial charge in [0.25, 0.3) is 5.56 Å². The summed E-state index contributed by atoms with van der Waals surface area (Å²) in [6.07, 6.45) is 2.45. The summed E-state index contributed by atoms with van der Waals surface area (Å²) in [7, 11) is 0. The Labute approximate surface area is 128 Å². The van der Waals surface area contributed by atoms with Gasteiger partial charge in [0.2, 0.25) is 0 Å². The van der Waals surface area contributed by atoms with Crippen LogP contribution in [0.3, 0.4) is 0 Å². The first-order valence-corrected chi connectivity index (χ1v) is 7.56. The Morgan fingerprint density at radius 1 is 1.32 bits per heavy atom. The molecule has 2 aromatic rings. The smallest absolute Gasteiger partial charge is 0.252 e. The number of piperazine rings is 1. The zero-order valence-electron chi connectivity index (χ0n) is 12.6. The number of aromatic nitrogens is 2. The predicted octanol–water partition coefficient (Wildman–Crippen LogP) is 1.11. The fourth-order valence-corrected chi connectivity index (χ4v) is 2.79. The van der Waals surface area contributed by atoms with Gasteiger partial charge in [-0.1, -0.05) is 6.92 Å². The average molecular weight is 300 g/mol. The number of nitrogens with one attached hydrogen (secondary N) is 2. The highest BCUT2D eigenvalue weighted by molar-refractivity contribution is 5.64. The van der Waals surface area contributed by atoms with E-state index in [1.54, 1.807) is 0 Å². The van der Waals surface area contributed by atoms with Gasteiger partial charge in [-0.15, -0.1) is 0 Å². The largest absolute Gasteiger partial charge is 0.507 e. The van der Waals surface area contributed by atoms with Crippen molar-refractivity contribution in [3.63, 3.8) is 0 Å². The minimum Gasteiger partial charge on any atom is -0.507 e. The van der Waals surface area contributed by atoms with Gasteiger partial charge < -0.3 is 20.3 Å². The molecule has 0 amide bonds. The van der Waals surface area contributed by atoms with Gasteiger partial charge in [-0.2, -0.15) is 0 Å². The number of rotatable bonds is 3. The Morgan fingerprint density at radius 3 is 2.73 bits per heavy atom. The minimum atomic E-state index is -0.322. The van der Waals surface area contributed by atoms with E-state index in [4.69, 9.17) is 0 Å². The molecule has 1 fully saturated rings. The van der Waals surface area contributed by atoms with Crippen molar-refractivity contribution in [3.8, 4) is 17.1 Å². The van der Waals surface area contributed by atoms with Crippen LogP contribution in [0.4, 0.5) is 5.69 Å². The van der Waals surface area contributed by atoms with Crippen molar-refractivity contribution in [3.05, 3.63) is 40.3 Å². The lowest BCUT2D eigenvalue weighted by molar-refractivity contribution is 0.467. The van der Waals surface area contributed by atoms with Crippen LogP contribution in [0.5, 0.6) is 5.75 Å². The highest BCUT2D eigenvalue weighted by atomic mass is 16.3. The van der Waals surface area contributed by atoms with Gasteiger partial charge in [0, 0.05) is 37.8 Å². The van der Waals surface area contributed by atoms with Crippen LogP contribution in [0.25, 0.3) is 11.4 Å². The van der Waals surface area contributed by atoms with Crippen molar-refractivity contribution in [1.82, 2.24) is 15.3 Å². The Balaban J connectivity index is 1.94. The van der Waals surface area contributed by atoms with E-state index < -0.39 is 0 Å². The second-order valence-corrected chi connectivity index (χ2v) is 5.36. The number of nitrogens with zero attached hydrogens (tertiary/aromatic N) is 2. The number of aromatic hydroxyl groups is 1. The number of pyridine rings is 2. The third kappa shape index (κ3) is 2.82. The Bertz CT molecular complexity index is 703. The van der Waals surface area contributed by atoms with Crippen LogP contribution in [0, 0.1) is 0 Å². The van der Waals surface area contributed by atoms with Gasteiger partial charge in [-0.25, -0.2) is 0 Å². The SMILES string of the molecule is CCc1c(O)cc(=O)[nH]c1-c1ccc(N2CCNCC2)cn1. The lowest BCUT2D eigenvalue weighted by Crippen LogP contribution is -2.43. The molecule has 0 unspecified atom stereocenters. The van der Waals surface area contributed by atoms with Gasteiger partial charge in [-0.05, 0) is 18.6 Å². The molecule has 116 valence electrons. The molecule has 0 aromatic carbocycles. The van der Waals surface area contributed by atoms with Gasteiger partial charge in [0.15, 0.2) is 0 Å². The highest BCUT2D eigenvalue weighted by Gasteiger charge is 2.14. The average Bonchev–Trinajstić information content (AvgIpc) is 2.55. The molecule has 1 aliphatic rings. The van der Waals surface area contributed by atoms with E-state index in [-0.39, 0.29) is 11.3 Å². The standard InChI is InChI=1S/C16H20N4O2/c1-2-12-14(21)9-15(22)19-16(12)13-4-3-11(10-18-13)20-7-5-17-6-8-20/h3-4,9-10,17H,2,5-8H2,1H3,(H2,19,21,22). The van der Waals surface area contributed by atoms with Crippen LogP contribution in [-0.2, 0) is 6.42 Å². The Hall–Kier alpha value is -2.34. The lowest BCUT2D eigenvalue weighted by Gasteiger charge is -2.29. The molecular formula is C16H20N4O2. The first-order chi connectivity index (χ1) is 10.7. The summed E-state index contributed by atoms with van der Waals surface area (Å²) in [6.45, 7) is 5.81. The molecule has 6 heteroatoms. The van der Waals surface area contributed by atoms with Crippen LogP contribution in [0.15, 0.2) is 29.2 Å². The van der Waals surface area contributed by atoms with Crippen molar-refractivity contribution < 1.29 is 5.11 Å². The van der Waals surface area contributed by atoms with Crippen LogP contribution in [0.2, 0.25) is 0 Å². The van der Waals surface area contributed by atoms with E-state index in [0.717, 1.165) is 31.9 Å². The monoisotopic (exact) mass is 300 g/mol. The summed E-state index contributed by atoms with van der Waals surface area (Å²) in [5.74, 6) is 0.0224. The fraction of sp³-hybridized carbons (Fsp3) is 0.375. The maximum absolute atomic E-state index is 11.6. The molecule has 0 saturated carbocycles. The zero-order chi connectivity index (χ0) is 15.5.